The Kier molecular flexibility index (Phi) is 12.9. The monoisotopic (exact) mass is 927 g/mol. The number of esters is 1. The highest BCUT2D eigenvalue weighted by atomic mass is 16.5. The van der Waals surface area contributed by atoms with Crippen molar-refractivity contribution in [2.45, 2.75) is 103 Å². The highest BCUT2D eigenvalue weighted by Crippen LogP contribution is 2.56. The summed E-state index contributed by atoms with van der Waals surface area (Å²) in [4.78, 5) is 80.0. The van der Waals surface area contributed by atoms with Crippen LogP contribution in [0.1, 0.15) is 94.2 Å². The van der Waals surface area contributed by atoms with E-state index in [1.54, 1.807) is 11.9 Å². The molecule has 1 aliphatic carbocycles. The van der Waals surface area contributed by atoms with Crippen molar-refractivity contribution in [2.24, 2.45) is 17.3 Å². The smallest absolute Gasteiger partial charge is 0.324 e. The Bertz CT molecular complexity index is 2670. The zero-order chi connectivity index (χ0) is 48.3. The second-order valence-corrected chi connectivity index (χ2v) is 20.8. The molecule has 0 spiro atoms. The lowest BCUT2D eigenvalue weighted by Gasteiger charge is -2.42. The van der Waals surface area contributed by atoms with Crippen molar-refractivity contribution in [1.82, 2.24) is 40.0 Å². The topological polar surface area (TPSA) is 170 Å². The minimum atomic E-state index is -1.07. The maximum atomic E-state index is 14.8. The fourth-order valence-electron chi connectivity index (χ4n) is 11.6. The van der Waals surface area contributed by atoms with Crippen molar-refractivity contribution in [1.29, 1.82) is 0 Å². The average molecular weight is 927 g/mol. The van der Waals surface area contributed by atoms with Crippen molar-refractivity contribution in [3.63, 3.8) is 0 Å². The summed E-state index contributed by atoms with van der Waals surface area (Å²) in [6.07, 6.45) is 3.72. The summed E-state index contributed by atoms with van der Waals surface area (Å²) in [6, 6.07) is 13.8. The van der Waals surface area contributed by atoms with Crippen LogP contribution >= 0.6 is 0 Å². The third kappa shape index (κ3) is 8.51. The lowest BCUT2D eigenvalue weighted by atomic mass is 9.67. The van der Waals surface area contributed by atoms with E-state index < -0.39 is 59.3 Å². The van der Waals surface area contributed by atoms with Crippen LogP contribution in [0.15, 0.2) is 67.4 Å². The lowest BCUT2D eigenvalue weighted by Crippen LogP contribution is -2.62. The second-order valence-electron chi connectivity index (χ2n) is 20.8. The number of benzene rings is 2. The highest BCUT2D eigenvalue weighted by Gasteiger charge is 2.47. The molecule has 3 saturated heterocycles. The van der Waals surface area contributed by atoms with Crippen LogP contribution < -0.4 is 10.7 Å². The number of hydrogen-bond donors (Lipinski definition) is 3. The minimum Gasteiger partial charge on any atom is -0.464 e. The van der Waals surface area contributed by atoms with Crippen molar-refractivity contribution >= 4 is 40.5 Å². The molecule has 3 N–H and O–H groups in total. The average Bonchev–Trinajstić information content (AvgIpc) is 3.94. The molecule has 0 saturated carbocycles. The zero-order valence-electron chi connectivity index (χ0n) is 40.5. The number of hydrazine groups is 1. The Morgan fingerprint density at radius 3 is 2.54 bits per heavy atom. The Balaban J connectivity index is 1.11. The standard InChI is InChI=1S/C53H66N8O7/c1-9-42(62)59-20-18-34(28-59)50(65)58(8)46(30(3)4)49(64)55-40-22-31-13-11-14-32(21-31)33-16-17-41-37(23-33)43-44(53(5,6)29-68-52(67)39-15-12-19-61(56-39)51(40)66)48(63)45-38(47(43)60(41)10-2)24-35(25-54-45)36-26-57(7)27-36/h9,11,13-14,16-17,21,23-25,30,34,36,39-40,44,46,48,56,63H,1,10,12,15,18-20,22,26-29H2,2-8H3,(H,55,64)/t34-,39-,40-,44?,46?,48+/m0/s1. The first-order valence-electron chi connectivity index (χ1n) is 24.3. The van der Waals surface area contributed by atoms with E-state index in [0.29, 0.717) is 50.5 Å². The lowest BCUT2D eigenvalue weighted by molar-refractivity contribution is -0.156. The van der Waals surface area contributed by atoms with Crippen molar-refractivity contribution in [2.75, 3.05) is 53.4 Å². The van der Waals surface area contributed by atoms with E-state index in [0.717, 1.165) is 63.1 Å². The molecule has 9 rings (SSSR count). The van der Waals surface area contributed by atoms with Crippen LogP contribution in [0.5, 0.6) is 0 Å². The van der Waals surface area contributed by atoms with E-state index in [-0.39, 0.29) is 37.3 Å². The van der Waals surface area contributed by atoms with Gasteiger partial charge in [0, 0.05) is 92.7 Å². The number of nitrogens with one attached hydrogen (secondary N) is 2. The van der Waals surface area contributed by atoms with Crippen LogP contribution in [0.4, 0.5) is 0 Å². The first-order valence-corrected chi connectivity index (χ1v) is 24.3. The van der Waals surface area contributed by atoms with Gasteiger partial charge in [0.2, 0.25) is 17.7 Å². The predicted molar refractivity (Wildman–Crippen MR) is 259 cm³/mol. The third-order valence-electron chi connectivity index (χ3n) is 15.2. The van der Waals surface area contributed by atoms with E-state index in [9.17, 15) is 29.1 Å². The van der Waals surface area contributed by atoms with Gasteiger partial charge in [0.1, 0.15) is 24.2 Å². The number of hydrogen-bond acceptors (Lipinski definition) is 10. The van der Waals surface area contributed by atoms with Crippen LogP contribution in [-0.4, -0.2) is 136 Å². The molecular formula is C53H66N8O7. The fraction of sp³-hybridized carbons (Fsp3) is 0.509. The molecule has 360 valence electrons. The zero-order valence-corrected chi connectivity index (χ0v) is 40.5. The van der Waals surface area contributed by atoms with Gasteiger partial charge in [-0.1, -0.05) is 64.6 Å². The Morgan fingerprint density at radius 1 is 1.06 bits per heavy atom. The number of carbonyl (C=O) groups excluding carboxylic acids is 5. The quantitative estimate of drug-likeness (QED) is 0.158. The normalized spacial score (nSPS) is 24.5. The number of carbonyl (C=O) groups is 5. The van der Waals surface area contributed by atoms with E-state index in [4.69, 9.17) is 9.72 Å². The van der Waals surface area contributed by atoms with Crippen molar-refractivity contribution < 1.29 is 33.8 Å². The van der Waals surface area contributed by atoms with Gasteiger partial charge >= 0.3 is 5.97 Å². The summed E-state index contributed by atoms with van der Waals surface area (Å²) in [5.41, 5.74) is 10.8. The first kappa shape index (κ1) is 47.2. The molecule has 0 radical (unpaired) electrons. The number of amides is 4. The largest absolute Gasteiger partial charge is 0.464 e. The Morgan fingerprint density at radius 2 is 1.82 bits per heavy atom. The summed E-state index contributed by atoms with van der Waals surface area (Å²) in [5, 5.41) is 18.1. The molecular weight excluding hydrogens is 861 g/mol. The summed E-state index contributed by atoms with van der Waals surface area (Å²) in [6.45, 7) is 17.0. The van der Waals surface area contributed by atoms with Crippen LogP contribution in [0.3, 0.4) is 0 Å². The highest BCUT2D eigenvalue weighted by molar-refractivity contribution is 5.97. The van der Waals surface area contributed by atoms with Gasteiger partial charge in [-0.05, 0) is 91.2 Å². The molecule has 6 bridgehead atoms. The molecule has 4 aliphatic heterocycles. The summed E-state index contributed by atoms with van der Waals surface area (Å²) in [7, 11) is 3.72. The van der Waals surface area contributed by atoms with Crippen LogP contribution in [0.25, 0.3) is 33.3 Å². The van der Waals surface area contributed by atoms with E-state index in [1.165, 1.54) is 16.0 Å². The number of fused-ring (bicyclic) bond motifs is 8. The molecule has 5 aliphatic rings. The summed E-state index contributed by atoms with van der Waals surface area (Å²) in [5.74, 6) is -2.82. The number of aromatic nitrogens is 2. The summed E-state index contributed by atoms with van der Waals surface area (Å²) < 4.78 is 8.53. The molecule has 6 heterocycles. The number of aliphatic hydroxyl groups is 1. The predicted octanol–water partition coefficient (Wildman–Crippen LogP) is 5.17. The number of aryl methyl sites for hydroxylation is 1. The van der Waals surface area contributed by atoms with Crippen LogP contribution in [0.2, 0.25) is 0 Å². The van der Waals surface area contributed by atoms with Gasteiger partial charge < -0.3 is 34.4 Å². The molecule has 2 unspecified atom stereocenters. The van der Waals surface area contributed by atoms with Crippen LogP contribution in [0, 0.1) is 17.3 Å². The fourth-order valence-corrected chi connectivity index (χ4v) is 11.6. The van der Waals surface area contributed by atoms with Gasteiger partial charge in [0.05, 0.1) is 23.9 Å². The van der Waals surface area contributed by atoms with E-state index >= 15 is 0 Å². The minimum absolute atomic E-state index is 0.00749. The van der Waals surface area contributed by atoms with Gasteiger partial charge in [0.25, 0.3) is 5.91 Å². The molecule has 6 atom stereocenters. The van der Waals surface area contributed by atoms with E-state index in [2.05, 4.69) is 65.0 Å². The van der Waals surface area contributed by atoms with Crippen molar-refractivity contribution in [3.05, 3.63) is 89.8 Å². The molecule has 4 amide bonds. The molecule has 2 aromatic heterocycles. The first-order chi connectivity index (χ1) is 32.5. The van der Waals surface area contributed by atoms with Gasteiger partial charge in [-0.2, -0.15) is 0 Å². The molecule has 68 heavy (non-hydrogen) atoms. The number of likely N-dealkylation sites (N-methyl/N-ethyl adjacent to an activating group) is 2. The number of ether oxygens (including phenoxy) is 1. The Hall–Kier alpha value is -5.90. The molecule has 2 aromatic carbocycles. The number of rotatable bonds is 8. The number of likely N-dealkylation sites (tertiary alicyclic amines) is 2. The van der Waals surface area contributed by atoms with E-state index in [1.807, 2.05) is 58.2 Å². The van der Waals surface area contributed by atoms with Gasteiger partial charge in [-0.25, -0.2) is 5.43 Å². The second kappa shape index (κ2) is 18.5. The Labute approximate surface area is 398 Å². The molecule has 15 heteroatoms. The van der Waals surface area contributed by atoms with Crippen LogP contribution in [-0.2, 0) is 41.7 Å². The third-order valence-corrected chi connectivity index (χ3v) is 15.2. The number of aliphatic hydroxyl groups excluding tert-OH is 1. The van der Waals surface area contributed by atoms with Gasteiger partial charge in [-0.3, -0.25) is 34.0 Å². The summed E-state index contributed by atoms with van der Waals surface area (Å²) >= 11 is 0. The molecule has 4 aromatic rings. The van der Waals surface area contributed by atoms with Gasteiger partial charge in [-0.15, -0.1) is 0 Å². The number of cyclic esters (lactones) is 1. The maximum Gasteiger partial charge on any atom is 0.324 e. The van der Waals surface area contributed by atoms with Crippen molar-refractivity contribution in [3.8, 4) is 22.4 Å². The number of pyridine rings is 1. The maximum absolute atomic E-state index is 14.8. The van der Waals surface area contributed by atoms with Gasteiger partial charge in [0.15, 0.2) is 0 Å². The molecule has 15 nitrogen and oxygen atoms in total. The number of nitrogens with zero attached hydrogens (tertiary/aromatic N) is 6. The SMILES string of the molecule is C=CC(=O)N1CC[C@H](C(=O)N(C)C(C(=O)N[C@H]2Cc3cccc(c3)-c3ccc4c(c3)c3c(n4CC)-c4cc(C5CN(C)C5)cnc4[C@H](O)C3C(C)(C)COC(=O)[C@@H]3CCCN(N3)C2=O)C(C)C)C1. The molecule has 3 fully saturated rings.